The van der Waals surface area contributed by atoms with Crippen molar-refractivity contribution in [3.63, 3.8) is 0 Å². The molecule has 1 aromatic heterocycles. The second kappa shape index (κ2) is 6.93. The van der Waals surface area contributed by atoms with Crippen molar-refractivity contribution in [1.82, 2.24) is 4.90 Å². The number of halogens is 1. The number of amides is 2. The summed E-state index contributed by atoms with van der Waals surface area (Å²) in [5.41, 5.74) is 1.41. The molecule has 1 atom stereocenters. The summed E-state index contributed by atoms with van der Waals surface area (Å²) in [5, 5.41) is 2.80. The number of nitrogens with one attached hydrogen (secondary N) is 1. The van der Waals surface area contributed by atoms with Crippen molar-refractivity contribution in [3.8, 4) is 0 Å². The van der Waals surface area contributed by atoms with Gasteiger partial charge >= 0.3 is 0 Å². The van der Waals surface area contributed by atoms with E-state index in [0.717, 1.165) is 14.9 Å². The number of thiophene rings is 1. The Bertz CT molecular complexity index is 777. The van der Waals surface area contributed by atoms with E-state index in [0.29, 0.717) is 12.2 Å². The Kier molecular flexibility index (Phi) is 4.89. The average molecular weight is 364 g/mol. The summed E-state index contributed by atoms with van der Waals surface area (Å²) >= 11 is 7.46. The van der Waals surface area contributed by atoms with E-state index >= 15 is 0 Å². The molecule has 0 saturated heterocycles. The number of hydrogen-bond donors (Lipinski definition) is 1. The second-order valence-corrected chi connectivity index (χ2v) is 7.59. The van der Waals surface area contributed by atoms with Crippen LogP contribution in [-0.4, -0.2) is 36.3 Å². The predicted octanol–water partition coefficient (Wildman–Crippen LogP) is 3.21. The third kappa shape index (κ3) is 3.45. The third-order valence-electron chi connectivity index (χ3n) is 4.09. The standard InChI is InChI=1S/C17H18ClN3O2S/c1-11(20(2)9-12-7-8-15(18)24-12)17(23)21-10-16(22)19-13-5-3-4-6-14(13)21/h3-8,11H,9-10H2,1-2H3,(H,19,22). The van der Waals surface area contributed by atoms with Crippen LogP contribution < -0.4 is 10.2 Å². The number of carbonyl (C=O) groups is 2. The van der Waals surface area contributed by atoms with Gasteiger partial charge in [-0.3, -0.25) is 19.4 Å². The fourth-order valence-corrected chi connectivity index (χ4v) is 3.81. The predicted molar refractivity (Wildman–Crippen MR) is 97.7 cm³/mol. The van der Waals surface area contributed by atoms with Crippen LogP contribution in [0, 0.1) is 0 Å². The van der Waals surface area contributed by atoms with E-state index in [4.69, 9.17) is 11.6 Å². The molecule has 3 rings (SSSR count). The van der Waals surface area contributed by atoms with Crippen molar-refractivity contribution in [1.29, 1.82) is 0 Å². The average Bonchev–Trinajstić information content (AvgIpc) is 2.97. The summed E-state index contributed by atoms with van der Waals surface area (Å²) in [4.78, 5) is 29.4. The Morgan fingerprint density at radius 2 is 2.12 bits per heavy atom. The molecule has 2 aromatic rings. The Morgan fingerprint density at radius 1 is 1.38 bits per heavy atom. The number of rotatable bonds is 4. The summed E-state index contributed by atoms with van der Waals surface area (Å²) < 4.78 is 0.735. The van der Waals surface area contributed by atoms with Gasteiger partial charge < -0.3 is 5.32 Å². The highest BCUT2D eigenvalue weighted by Crippen LogP contribution is 2.30. The van der Waals surface area contributed by atoms with Crippen LogP contribution in [0.25, 0.3) is 0 Å². The molecule has 0 radical (unpaired) electrons. The highest BCUT2D eigenvalue weighted by atomic mass is 35.5. The van der Waals surface area contributed by atoms with Crippen LogP contribution >= 0.6 is 22.9 Å². The van der Waals surface area contributed by atoms with Gasteiger partial charge in [-0.05, 0) is 38.2 Å². The third-order valence-corrected chi connectivity index (χ3v) is 5.31. The Balaban J connectivity index is 1.77. The van der Waals surface area contributed by atoms with Gasteiger partial charge in [-0.2, -0.15) is 0 Å². The largest absolute Gasteiger partial charge is 0.323 e. The number of carbonyl (C=O) groups excluding carboxylic acids is 2. The van der Waals surface area contributed by atoms with Crippen molar-refractivity contribution < 1.29 is 9.59 Å². The first-order valence-corrected chi connectivity index (χ1v) is 8.80. The van der Waals surface area contributed by atoms with Crippen LogP contribution in [0.5, 0.6) is 0 Å². The molecule has 1 N–H and O–H groups in total. The first-order valence-electron chi connectivity index (χ1n) is 7.60. The second-order valence-electron chi connectivity index (χ2n) is 5.79. The maximum absolute atomic E-state index is 12.9. The molecule has 0 fully saturated rings. The maximum atomic E-state index is 12.9. The first kappa shape index (κ1) is 17.0. The maximum Gasteiger partial charge on any atom is 0.244 e. The van der Waals surface area contributed by atoms with Crippen molar-refractivity contribution in [2.45, 2.75) is 19.5 Å². The van der Waals surface area contributed by atoms with Crippen LogP contribution in [0.4, 0.5) is 11.4 Å². The van der Waals surface area contributed by atoms with Gasteiger partial charge in [0.05, 0.1) is 21.8 Å². The van der Waals surface area contributed by atoms with Crippen molar-refractivity contribution in [3.05, 3.63) is 45.6 Å². The molecule has 126 valence electrons. The first-order chi connectivity index (χ1) is 11.5. The van der Waals surface area contributed by atoms with Crippen LogP contribution in [0.15, 0.2) is 36.4 Å². The van der Waals surface area contributed by atoms with E-state index in [1.165, 1.54) is 11.3 Å². The molecule has 7 heteroatoms. The molecule has 24 heavy (non-hydrogen) atoms. The fraction of sp³-hybridized carbons (Fsp3) is 0.294. The molecular formula is C17H18ClN3O2S. The number of nitrogens with zero attached hydrogens (tertiary/aromatic N) is 2. The normalized spacial score (nSPS) is 15.2. The van der Waals surface area contributed by atoms with Crippen molar-refractivity contribution in [2.75, 3.05) is 23.8 Å². The zero-order chi connectivity index (χ0) is 17.3. The molecule has 1 unspecified atom stereocenters. The summed E-state index contributed by atoms with van der Waals surface area (Å²) in [7, 11) is 1.89. The van der Waals surface area contributed by atoms with E-state index in [1.807, 2.05) is 49.2 Å². The molecule has 2 heterocycles. The van der Waals surface area contributed by atoms with E-state index in [9.17, 15) is 9.59 Å². The van der Waals surface area contributed by atoms with Crippen molar-refractivity contribution >= 4 is 46.1 Å². The summed E-state index contributed by atoms with van der Waals surface area (Å²) in [6, 6.07) is 10.8. The highest BCUT2D eigenvalue weighted by Gasteiger charge is 2.31. The monoisotopic (exact) mass is 363 g/mol. The van der Waals surface area contributed by atoms with Gasteiger partial charge in [-0.1, -0.05) is 23.7 Å². The van der Waals surface area contributed by atoms with Crippen LogP contribution in [-0.2, 0) is 16.1 Å². The molecule has 1 aliphatic rings. The minimum Gasteiger partial charge on any atom is -0.323 e. The summed E-state index contributed by atoms with van der Waals surface area (Å²) in [6.45, 7) is 2.53. The fourth-order valence-electron chi connectivity index (χ4n) is 2.66. The van der Waals surface area contributed by atoms with Crippen molar-refractivity contribution in [2.24, 2.45) is 0 Å². The Labute approximate surface area is 149 Å². The highest BCUT2D eigenvalue weighted by molar-refractivity contribution is 7.16. The van der Waals surface area contributed by atoms with E-state index in [1.54, 1.807) is 11.0 Å². The van der Waals surface area contributed by atoms with Crippen LogP contribution in [0.2, 0.25) is 4.34 Å². The number of fused-ring (bicyclic) bond motifs is 1. The summed E-state index contributed by atoms with van der Waals surface area (Å²) in [6.07, 6.45) is 0. The smallest absolute Gasteiger partial charge is 0.244 e. The lowest BCUT2D eigenvalue weighted by atomic mass is 10.1. The zero-order valence-electron chi connectivity index (χ0n) is 13.5. The Hall–Kier alpha value is -1.89. The van der Waals surface area contributed by atoms with Gasteiger partial charge in [0.2, 0.25) is 11.8 Å². The topological polar surface area (TPSA) is 52.7 Å². The molecule has 0 saturated carbocycles. The SMILES string of the molecule is CC(C(=O)N1CC(=O)Nc2ccccc21)N(C)Cc1ccc(Cl)s1. The van der Waals surface area contributed by atoms with E-state index < -0.39 is 0 Å². The van der Waals surface area contributed by atoms with Gasteiger partial charge in [-0.25, -0.2) is 0 Å². The van der Waals surface area contributed by atoms with Crippen LogP contribution in [0.1, 0.15) is 11.8 Å². The van der Waals surface area contributed by atoms with Crippen LogP contribution in [0.3, 0.4) is 0 Å². The molecule has 2 amide bonds. The Morgan fingerprint density at radius 3 is 2.83 bits per heavy atom. The number of anilines is 2. The van der Waals surface area contributed by atoms with Gasteiger partial charge in [0, 0.05) is 11.4 Å². The zero-order valence-corrected chi connectivity index (χ0v) is 15.0. The number of hydrogen-bond acceptors (Lipinski definition) is 4. The quantitative estimate of drug-likeness (QED) is 0.907. The molecule has 1 aliphatic heterocycles. The van der Waals surface area contributed by atoms with E-state index in [2.05, 4.69) is 5.32 Å². The lowest BCUT2D eigenvalue weighted by molar-refractivity contribution is -0.125. The van der Waals surface area contributed by atoms with Gasteiger partial charge in [0.25, 0.3) is 0 Å². The van der Waals surface area contributed by atoms with Gasteiger partial charge in [0.15, 0.2) is 0 Å². The molecule has 1 aromatic carbocycles. The minimum atomic E-state index is -0.357. The number of benzene rings is 1. The molecule has 0 bridgehead atoms. The number of likely N-dealkylation sites (N-methyl/N-ethyl adjacent to an activating group) is 1. The van der Waals surface area contributed by atoms with E-state index in [-0.39, 0.29) is 24.4 Å². The minimum absolute atomic E-state index is 0.0405. The summed E-state index contributed by atoms with van der Waals surface area (Å²) in [5.74, 6) is -0.274. The van der Waals surface area contributed by atoms with Gasteiger partial charge in [-0.15, -0.1) is 11.3 Å². The molecular weight excluding hydrogens is 346 g/mol. The van der Waals surface area contributed by atoms with Gasteiger partial charge in [0.1, 0.15) is 6.54 Å². The molecule has 0 spiro atoms. The number of para-hydroxylation sites is 2. The lowest BCUT2D eigenvalue weighted by Gasteiger charge is -2.33. The lowest BCUT2D eigenvalue weighted by Crippen LogP contribution is -2.50. The molecule has 0 aliphatic carbocycles. The molecule has 5 nitrogen and oxygen atoms in total.